The number of aromatic nitrogens is 1. The molecule has 0 aliphatic carbocycles. The zero-order chi connectivity index (χ0) is 14.5. The van der Waals surface area contributed by atoms with E-state index in [1.54, 1.807) is 0 Å². The summed E-state index contributed by atoms with van der Waals surface area (Å²) in [5.41, 5.74) is 0. The third-order valence-corrected chi connectivity index (χ3v) is 5.38. The Morgan fingerprint density at radius 2 is 2.05 bits per heavy atom. The molecule has 1 aromatic rings. The normalized spacial score (nSPS) is 12.3. The molecule has 7 heteroatoms. The van der Waals surface area contributed by atoms with Crippen LogP contribution in [0.3, 0.4) is 0 Å². The lowest BCUT2D eigenvalue weighted by atomic mass is 10.2. The van der Waals surface area contributed by atoms with Crippen LogP contribution in [0.5, 0.6) is 0 Å². The second-order valence-electron chi connectivity index (χ2n) is 4.10. The summed E-state index contributed by atoms with van der Waals surface area (Å²) in [6.07, 6.45) is 2.79. The molecule has 0 bridgehead atoms. The first kappa shape index (κ1) is 16.4. The molecule has 1 aromatic heterocycles. The van der Waals surface area contributed by atoms with Crippen molar-refractivity contribution >= 4 is 21.6 Å². The summed E-state index contributed by atoms with van der Waals surface area (Å²) in [4.78, 5) is 3.78. The summed E-state index contributed by atoms with van der Waals surface area (Å²) in [6, 6.07) is 2.80. The van der Waals surface area contributed by atoms with Gasteiger partial charge in [-0.15, -0.1) is 0 Å². The highest BCUT2D eigenvalue weighted by Gasteiger charge is 2.31. The highest BCUT2D eigenvalue weighted by Crippen LogP contribution is 2.25. The van der Waals surface area contributed by atoms with Crippen molar-refractivity contribution in [3.8, 4) is 0 Å². The van der Waals surface area contributed by atoms with Crippen LogP contribution in [-0.4, -0.2) is 42.0 Å². The van der Waals surface area contributed by atoms with Gasteiger partial charge < -0.3 is 5.11 Å². The zero-order valence-electron chi connectivity index (χ0n) is 11.1. The number of sulfonamides is 1. The SMILES string of the molecule is CCC(CC)N(CCO)S(=O)(=O)c1cccnc1Cl. The van der Waals surface area contributed by atoms with E-state index in [1.165, 1.54) is 22.6 Å². The molecule has 0 unspecified atom stereocenters. The fourth-order valence-corrected chi connectivity index (χ4v) is 4.18. The molecule has 0 aromatic carbocycles. The van der Waals surface area contributed by atoms with Crippen molar-refractivity contribution in [1.82, 2.24) is 9.29 Å². The molecule has 0 aliphatic rings. The van der Waals surface area contributed by atoms with E-state index in [1.807, 2.05) is 13.8 Å². The van der Waals surface area contributed by atoms with E-state index >= 15 is 0 Å². The molecule has 1 heterocycles. The van der Waals surface area contributed by atoms with Gasteiger partial charge in [-0.25, -0.2) is 13.4 Å². The highest BCUT2D eigenvalue weighted by atomic mass is 35.5. The molecule has 1 N–H and O–H groups in total. The maximum Gasteiger partial charge on any atom is 0.246 e. The third-order valence-electron chi connectivity index (χ3n) is 2.98. The molecule has 0 spiro atoms. The lowest BCUT2D eigenvalue weighted by Crippen LogP contribution is -2.41. The van der Waals surface area contributed by atoms with E-state index in [-0.39, 0.29) is 29.2 Å². The summed E-state index contributed by atoms with van der Waals surface area (Å²) in [7, 11) is -3.74. The Bertz CT molecular complexity index is 503. The molecular formula is C12H19ClN2O3S. The Kier molecular flexibility index (Phi) is 6.19. The van der Waals surface area contributed by atoms with Crippen LogP contribution in [0.25, 0.3) is 0 Å². The molecule has 0 amide bonds. The Morgan fingerprint density at radius 3 is 2.53 bits per heavy atom. The first-order valence-corrected chi connectivity index (χ1v) is 8.04. The fraction of sp³-hybridized carbons (Fsp3) is 0.583. The molecule has 5 nitrogen and oxygen atoms in total. The van der Waals surface area contributed by atoms with Crippen molar-refractivity contribution in [2.45, 2.75) is 37.6 Å². The maximum absolute atomic E-state index is 12.6. The van der Waals surface area contributed by atoms with Gasteiger partial charge in [0.1, 0.15) is 10.0 Å². The van der Waals surface area contributed by atoms with Crippen molar-refractivity contribution < 1.29 is 13.5 Å². The van der Waals surface area contributed by atoms with Gasteiger partial charge in [0.05, 0.1) is 6.61 Å². The van der Waals surface area contributed by atoms with Gasteiger partial charge in [-0.3, -0.25) is 0 Å². The van der Waals surface area contributed by atoms with Gasteiger partial charge in [-0.2, -0.15) is 4.31 Å². The number of hydrogen-bond donors (Lipinski definition) is 1. The molecule has 108 valence electrons. The van der Waals surface area contributed by atoms with Gasteiger partial charge in [0, 0.05) is 18.8 Å². The first-order valence-electron chi connectivity index (χ1n) is 6.22. The predicted molar refractivity (Wildman–Crippen MR) is 74.6 cm³/mol. The van der Waals surface area contributed by atoms with Crippen LogP contribution >= 0.6 is 11.6 Å². The van der Waals surface area contributed by atoms with Gasteiger partial charge in [0.2, 0.25) is 10.0 Å². The van der Waals surface area contributed by atoms with Crippen molar-refractivity contribution in [3.63, 3.8) is 0 Å². The predicted octanol–water partition coefficient (Wildman–Crippen LogP) is 1.91. The smallest absolute Gasteiger partial charge is 0.246 e. The molecule has 0 aliphatic heterocycles. The highest BCUT2D eigenvalue weighted by molar-refractivity contribution is 7.89. The minimum atomic E-state index is -3.74. The zero-order valence-corrected chi connectivity index (χ0v) is 12.7. The van der Waals surface area contributed by atoms with Crippen molar-refractivity contribution in [2.75, 3.05) is 13.2 Å². The average Bonchev–Trinajstić information content (AvgIpc) is 2.39. The largest absolute Gasteiger partial charge is 0.395 e. The first-order chi connectivity index (χ1) is 8.98. The Labute approximate surface area is 119 Å². The van der Waals surface area contributed by atoms with E-state index < -0.39 is 10.0 Å². The van der Waals surface area contributed by atoms with Crippen LogP contribution in [0.4, 0.5) is 0 Å². The summed E-state index contributed by atoms with van der Waals surface area (Å²) >= 11 is 5.86. The van der Waals surface area contributed by atoms with Gasteiger partial charge in [-0.1, -0.05) is 25.4 Å². The van der Waals surface area contributed by atoms with Crippen LogP contribution in [0.1, 0.15) is 26.7 Å². The molecular weight excluding hydrogens is 288 g/mol. The average molecular weight is 307 g/mol. The Morgan fingerprint density at radius 1 is 1.42 bits per heavy atom. The monoisotopic (exact) mass is 306 g/mol. The number of aliphatic hydroxyl groups is 1. The summed E-state index contributed by atoms with van der Waals surface area (Å²) in [5.74, 6) is 0. The number of pyridine rings is 1. The van der Waals surface area contributed by atoms with Crippen molar-refractivity contribution in [2.24, 2.45) is 0 Å². The van der Waals surface area contributed by atoms with E-state index in [2.05, 4.69) is 4.98 Å². The third kappa shape index (κ3) is 3.66. The standard InChI is InChI=1S/C12H19ClN2O3S/c1-3-10(4-2)15(8-9-16)19(17,18)11-6-5-7-14-12(11)13/h5-7,10,16H,3-4,8-9H2,1-2H3. The molecule has 0 radical (unpaired) electrons. The molecule has 0 saturated carbocycles. The number of hydrogen-bond acceptors (Lipinski definition) is 4. The quantitative estimate of drug-likeness (QED) is 0.781. The van der Waals surface area contributed by atoms with Gasteiger partial charge in [-0.05, 0) is 25.0 Å². The number of halogens is 1. The molecule has 0 fully saturated rings. The van der Waals surface area contributed by atoms with Crippen LogP contribution in [0, 0.1) is 0 Å². The van der Waals surface area contributed by atoms with Crippen LogP contribution in [0.15, 0.2) is 23.2 Å². The van der Waals surface area contributed by atoms with Crippen LogP contribution in [0.2, 0.25) is 5.15 Å². The van der Waals surface area contributed by atoms with E-state index in [9.17, 15) is 8.42 Å². The number of aliphatic hydroxyl groups excluding tert-OH is 1. The van der Waals surface area contributed by atoms with Crippen LogP contribution in [-0.2, 0) is 10.0 Å². The lowest BCUT2D eigenvalue weighted by molar-refractivity contribution is 0.219. The van der Waals surface area contributed by atoms with Gasteiger partial charge in [0.15, 0.2) is 0 Å². The van der Waals surface area contributed by atoms with Crippen molar-refractivity contribution in [1.29, 1.82) is 0 Å². The second-order valence-corrected chi connectivity index (χ2v) is 6.32. The molecule has 0 saturated heterocycles. The van der Waals surface area contributed by atoms with Crippen molar-refractivity contribution in [3.05, 3.63) is 23.5 Å². The Hall–Kier alpha value is -0.690. The molecule has 19 heavy (non-hydrogen) atoms. The minimum Gasteiger partial charge on any atom is -0.395 e. The van der Waals surface area contributed by atoms with Gasteiger partial charge in [0.25, 0.3) is 0 Å². The van der Waals surface area contributed by atoms with E-state index in [0.717, 1.165) is 0 Å². The topological polar surface area (TPSA) is 70.5 Å². The lowest BCUT2D eigenvalue weighted by Gasteiger charge is -2.29. The fourth-order valence-electron chi connectivity index (χ4n) is 1.98. The van der Waals surface area contributed by atoms with E-state index in [4.69, 9.17) is 16.7 Å². The Balaban J connectivity index is 3.24. The number of rotatable bonds is 7. The van der Waals surface area contributed by atoms with E-state index in [0.29, 0.717) is 12.8 Å². The maximum atomic E-state index is 12.6. The van der Waals surface area contributed by atoms with Gasteiger partial charge >= 0.3 is 0 Å². The second kappa shape index (κ2) is 7.19. The number of nitrogens with zero attached hydrogens (tertiary/aromatic N) is 2. The minimum absolute atomic E-state index is 0.0167. The summed E-state index contributed by atoms with van der Waals surface area (Å²) in [5, 5.41) is 9.06. The summed E-state index contributed by atoms with van der Waals surface area (Å²) in [6.45, 7) is 3.66. The molecule has 1 rings (SSSR count). The summed E-state index contributed by atoms with van der Waals surface area (Å²) < 4.78 is 26.5. The van der Waals surface area contributed by atoms with Crippen LogP contribution < -0.4 is 0 Å². The molecule has 0 atom stereocenters.